The quantitative estimate of drug-likeness (QED) is 0.628. The summed E-state index contributed by atoms with van der Waals surface area (Å²) in [6.07, 6.45) is 3.26. The first-order chi connectivity index (χ1) is 15.1. The summed E-state index contributed by atoms with van der Waals surface area (Å²) in [6.45, 7) is 0.974. The van der Waals surface area contributed by atoms with Gasteiger partial charge in [-0.3, -0.25) is 9.59 Å². The molecule has 6 nitrogen and oxygen atoms in total. The molecule has 1 saturated heterocycles. The zero-order chi connectivity index (χ0) is 21.6. The lowest BCUT2D eigenvalue weighted by atomic mass is 10.1. The number of aromatic nitrogens is 1. The second-order valence-corrected chi connectivity index (χ2v) is 7.30. The molecule has 2 aromatic carbocycles. The van der Waals surface area contributed by atoms with Crippen molar-refractivity contribution in [2.45, 2.75) is 25.8 Å². The fourth-order valence-corrected chi connectivity index (χ4v) is 3.45. The second kappa shape index (κ2) is 9.38. The van der Waals surface area contributed by atoms with Gasteiger partial charge in [-0.05, 0) is 42.3 Å². The van der Waals surface area contributed by atoms with Crippen LogP contribution in [0.4, 0.5) is 10.1 Å². The number of halogens is 1. The minimum atomic E-state index is -0.400. The summed E-state index contributed by atoms with van der Waals surface area (Å²) in [5, 5.41) is 2.86. The predicted octanol–water partition coefficient (Wildman–Crippen LogP) is 4.00. The van der Waals surface area contributed by atoms with Crippen molar-refractivity contribution in [1.82, 2.24) is 10.3 Å². The van der Waals surface area contributed by atoms with Crippen molar-refractivity contribution < 1.29 is 18.7 Å². The highest BCUT2D eigenvalue weighted by atomic mass is 19.1. The van der Waals surface area contributed by atoms with Crippen molar-refractivity contribution >= 4 is 17.5 Å². The number of amides is 2. The van der Waals surface area contributed by atoms with E-state index in [9.17, 15) is 14.0 Å². The summed E-state index contributed by atoms with van der Waals surface area (Å²) < 4.78 is 19.1. The van der Waals surface area contributed by atoms with Crippen LogP contribution in [0, 0.1) is 5.82 Å². The molecule has 0 unspecified atom stereocenters. The zero-order valence-corrected chi connectivity index (χ0v) is 16.9. The molecule has 1 N–H and O–H groups in total. The van der Waals surface area contributed by atoms with Crippen LogP contribution in [0.5, 0.6) is 11.6 Å². The fraction of sp³-hybridized carbons (Fsp3) is 0.208. The molecule has 0 atom stereocenters. The Morgan fingerprint density at radius 1 is 1.13 bits per heavy atom. The number of carbonyl (C=O) groups is 2. The number of hydrogen-bond donors (Lipinski definition) is 1. The molecule has 1 fully saturated rings. The first-order valence-electron chi connectivity index (χ1n) is 10.1. The van der Waals surface area contributed by atoms with E-state index in [4.69, 9.17) is 4.74 Å². The first kappa shape index (κ1) is 20.5. The van der Waals surface area contributed by atoms with Crippen molar-refractivity contribution in [2.75, 3.05) is 11.4 Å². The van der Waals surface area contributed by atoms with Gasteiger partial charge < -0.3 is 15.0 Å². The number of pyridine rings is 1. The molecule has 158 valence electrons. The van der Waals surface area contributed by atoms with Gasteiger partial charge in [0, 0.05) is 43.0 Å². The topological polar surface area (TPSA) is 71.5 Å². The van der Waals surface area contributed by atoms with Crippen LogP contribution in [0.25, 0.3) is 0 Å². The van der Waals surface area contributed by atoms with Gasteiger partial charge in [-0.25, -0.2) is 9.37 Å². The van der Waals surface area contributed by atoms with Crippen molar-refractivity contribution in [3.8, 4) is 11.6 Å². The highest BCUT2D eigenvalue weighted by molar-refractivity contribution is 5.95. The number of carbonyl (C=O) groups excluding carboxylic acids is 2. The molecule has 1 aromatic heterocycles. The fourth-order valence-electron chi connectivity index (χ4n) is 3.45. The average molecular weight is 419 g/mol. The molecule has 1 aliphatic rings. The number of anilines is 1. The number of ether oxygens (including phenoxy) is 1. The monoisotopic (exact) mass is 419 g/mol. The Balaban J connectivity index is 1.34. The lowest BCUT2D eigenvalue weighted by molar-refractivity contribution is -0.120. The molecular formula is C24H22FN3O3. The van der Waals surface area contributed by atoms with Crippen LogP contribution in [0.1, 0.15) is 24.0 Å². The third kappa shape index (κ3) is 5.25. The van der Waals surface area contributed by atoms with Crippen LogP contribution in [-0.2, 0) is 22.6 Å². The molecule has 0 aliphatic carbocycles. The van der Waals surface area contributed by atoms with Gasteiger partial charge in [0.15, 0.2) is 0 Å². The smallest absolute Gasteiger partial charge is 0.227 e. The number of benzene rings is 2. The third-order valence-electron chi connectivity index (χ3n) is 5.02. The molecule has 3 aromatic rings. The van der Waals surface area contributed by atoms with Gasteiger partial charge in [-0.15, -0.1) is 0 Å². The van der Waals surface area contributed by atoms with E-state index in [1.165, 1.54) is 12.1 Å². The molecule has 0 bridgehead atoms. The van der Waals surface area contributed by atoms with E-state index in [1.807, 2.05) is 24.3 Å². The summed E-state index contributed by atoms with van der Waals surface area (Å²) in [6, 6.07) is 16.8. The average Bonchev–Trinajstić information content (AvgIpc) is 3.19. The van der Waals surface area contributed by atoms with Gasteiger partial charge >= 0.3 is 0 Å². The Hall–Kier alpha value is -3.74. The van der Waals surface area contributed by atoms with Crippen LogP contribution in [-0.4, -0.2) is 23.3 Å². The van der Waals surface area contributed by atoms with Crippen molar-refractivity contribution in [1.29, 1.82) is 0 Å². The molecular weight excluding hydrogens is 397 g/mol. The van der Waals surface area contributed by atoms with Crippen molar-refractivity contribution in [3.05, 3.63) is 83.8 Å². The molecule has 4 rings (SSSR count). The number of rotatable bonds is 7. The lowest BCUT2D eigenvalue weighted by Gasteiger charge is -2.16. The highest BCUT2D eigenvalue weighted by Gasteiger charge is 2.21. The van der Waals surface area contributed by atoms with E-state index in [0.29, 0.717) is 23.6 Å². The van der Waals surface area contributed by atoms with Gasteiger partial charge in [-0.2, -0.15) is 0 Å². The Kier molecular flexibility index (Phi) is 6.21. The summed E-state index contributed by atoms with van der Waals surface area (Å²) in [5.41, 5.74) is 2.40. The minimum Gasteiger partial charge on any atom is -0.439 e. The second-order valence-electron chi connectivity index (χ2n) is 7.30. The van der Waals surface area contributed by atoms with E-state index in [0.717, 1.165) is 24.2 Å². The Labute approximate surface area is 179 Å². The zero-order valence-electron chi connectivity index (χ0n) is 16.9. The van der Waals surface area contributed by atoms with Gasteiger partial charge in [0.05, 0.1) is 6.42 Å². The number of nitrogens with one attached hydrogen (secondary N) is 1. The Bertz CT molecular complexity index is 1090. The van der Waals surface area contributed by atoms with Crippen LogP contribution < -0.4 is 15.0 Å². The van der Waals surface area contributed by atoms with Gasteiger partial charge in [0.25, 0.3) is 0 Å². The molecule has 2 heterocycles. The molecule has 0 radical (unpaired) electrons. The molecule has 2 amide bonds. The molecule has 0 saturated carbocycles. The summed E-state index contributed by atoms with van der Waals surface area (Å²) in [7, 11) is 0. The van der Waals surface area contributed by atoms with Crippen molar-refractivity contribution in [3.63, 3.8) is 0 Å². The highest BCUT2D eigenvalue weighted by Crippen LogP contribution is 2.24. The molecule has 7 heteroatoms. The number of nitrogens with zero attached hydrogens (tertiary/aromatic N) is 2. The van der Waals surface area contributed by atoms with E-state index in [1.54, 1.807) is 35.4 Å². The van der Waals surface area contributed by atoms with E-state index in [2.05, 4.69) is 10.3 Å². The maximum Gasteiger partial charge on any atom is 0.227 e. The van der Waals surface area contributed by atoms with Crippen LogP contribution in [0.2, 0.25) is 0 Å². The standard InChI is InChI=1S/C24H22FN3O3/c25-19-5-1-6-21(15-19)31-24-18(4-2-12-26-24)16-27-22(29)14-17-8-10-20(11-9-17)28-13-3-7-23(28)30/h1-2,4-6,8-12,15H,3,7,13-14,16H2,(H,27,29). The summed E-state index contributed by atoms with van der Waals surface area (Å²) in [4.78, 5) is 30.2. The maximum atomic E-state index is 13.4. The van der Waals surface area contributed by atoms with Crippen LogP contribution in [0.3, 0.4) is 0 Å². The minimum absolute atomic E-state index is 0.137. The van der Waals surface area contributed by atoms with Crippen molar-refractivity contribution in [2.24, 2.45) is 0 Å². The Morgan fingerprint density at radius 3 is 2.71 bits per heavy atom. The molecule has 31 heavy (non-hydrogen) atoms. The van der Waals surface area contributed by atoms with E-state index >= 15 is 0 Å². The normalized spacial score (nSPS) is 13.3. The maximum absolute atomic E-state index is 13.4. The summed E-state index contributed by atoms with van der Waals surface area (Å²) in [5.74, 6) is 0.239. The summed E-state index contributed by atoms with van der Waals surface area (Å²) >= 11 is 0. The van der Waals surface area contributed by atoms with Gasteiger partial charge in [-0.1, -0.05) is 24.3 Å². The Morgan fingerprint density at radius 2 is 1.97 bits per heavy atom. The third-order valence-corrected chi connectivity index (χ3v) is 5.02. The largest absolute Gasteiger partial charge is 0.439 e. The molecule has 0 spiro atoms. The number of hydrogen-bond acceptors (Lipinski definition) is 4. The first-order valence-corrected chi connectivity index (χ1v) is 10.1. The van der Waals surface area contributed by atoms with Gasteiger partial charge in [0.1, 0.15) is 11.6 Å². The van der Waals surface area contributed by atoms with E-state index < -0.39 is 5.82 Å². The van der Waals surface area contributed by atoms with Gasteiger partial charge in [0.2, 0.25) is 17.7 Å². The van der Waals surface area contributed by atoms with Crippen LogP contribution >= 0.6 is 0 Å². The molecule has 1 aliphatic heterocycles. The SMILES string of the molecule is O=C(Cc1ccc(N2CCCC2=O)cc1)NCc1cccnc1Oc1cccc(F)c1. The predicted molar refractivity (Wildman–Crippen MR) is 114 cm³/mol. The van der Waals surface area contributed by atoms with Crippen LogP contribution in [0.15, 0.2) is 66.9 Å². The lowest BCUT2D eigenvalue weighted by Crippen LogP contribution is -2.25. The van der Waals surface area contributed by atoms with E-state index in [-0.39, 0.29) is 24.8 Å².